The van der Waals surface area contributed by atoms with E-state index in [1.807, 2.05) is 31.2 Å². The Labute approximate surface area is 287 Å². The highest BCUT2D eigenvalue weighted by Gasteiger charge is 2.55. The number of nitrogens with zero attached hydrogens (tertiary/aromatic N) is 8. The maximum atomic E-state index is 12.8. The van der Waals surface area contributed by atoms with Gasteiger partial charge in [0.25, 0.3) is 0 Å². The van der Waals surface area contributed by atoms with Crippen molar-refractivity contribution in [1.29, 1.82) is 0 Å². The highest BCUT2D eigenvalue weighted by molar-refractivity contribution is 5.54. The first kappa shape index (κ1) is 32.8. The van der Waals surface area contributed by atoms with Gasteiger partial charge in [-0.05, 0) is 75.2 Å². The first-order valence-corrected chi connectivity index (χ1v) is 17.3. The van der Waals surface area contributed by atoms with Gasteiger partial charge in [-0.1, -0.05) is 37.6 Å². The Hall–Kier alpha value is -4.68. The summed E-state index contributed by atoms with van der Waals surface area (Å²) in [5.41, 5.74) is 3.90. The molecule has 3 aliphatic rings. The summed E-state index contributed by atoms with van der Waals surface area (Å²) in [6.45, 7) is 13.2. The number of hydrogen-bond donors (Lipinski definition) is 0. The van der Waals surface area contributed by atoms with Gasteiger partial charge >= 0.3 is 5.69 Å². The van der Waals surface area contributed by atoms with Crippen molar-refractivity contribution in [3.8, 4) is 11.4 Å². The summed E-state index contributed by atoms with van der Waals surface area (Å²) in [4.78, 5) is 19.2. The van der Waals surface area contributed by atoms with Gasteiger partial charge in [-0.25, -0.2) is 14.0 Å². The van der Waals surface area contributed by atoms with Crippen molar-refractivity contribution < 1.29 is 14.2 Å². The molecule has 2 fully saturated rings. The molecule has 12 nitrogen and oxygen atoms in total. The summed E-state index contributed by atoms with van der Waals surface area (Å²) >= 11 is 0. The van der Waals surface area contributed by atoms with Crippen molar-refractivity contribution in [1.82, 2.24) is 29.3 Å². The highest BCUT2D eigenvalue weighted by atomic mass is 16.8. The van der Waals surface area contributed by atoms with Crippen molar-refractivity contribution >= 4 is 11.4 Å². The first-order valence-electron chi connectivity index (χ1n) is 17.3. The number of piperazine rings is 1. The molecule has 4 heterocycles. The third-order valence-corrected chi connectivity index (χ3v) is 10.2. The van der Waals surface area contributed by atoms with Gasteiger partial charge in [0.05, 0.1) is 30.7 Å². The van der Waals surface area contributed by atoms with Crippen LogP contribution < -0.4 is 20.2 Å². The van der Waals surface area contributed by atoms with Crippen molar-refractivity contribution in [2.75, 3.05) is 49.2 Å². The minimum Gasteiger partial charge on any atom is -0.491 e. The van der Waals surface area contributed by atoms with E-state index >= 15 is 0 Å². The molecular weight excluding hydrogens is 620 g/mol. The molecule has 0 saturated carbocycles. The minimum atomic E-state index is -0.904. The fraction of sp³-hybridized carbons (Fsp3) is 0.459. The van der Waals surface area contributed by atoms with Crippen LogP contribution in [0, 0.1) is 5.41 Å². The molecule has 12 heteroatoms. The molecule has 2 aliphatic heterocycles. The number of aromatic nitrogens is 6. The van der Waals surface area contributed by atoms with Crippen LogP contribution in [0.3, 0.4) is 0 Å². The van der Waals surface area contributed by atoms with E-state index in [2.05, 4.69) is 88.4 Å². The third kappa shape index (κ3) is 6.67. The largest absolute Gasteiger partial charge is 0.491 e. The van der Waals surface area contributed by atoms with Crippen LogP contribution in [0.1, 0.15) is 46.6 Å². The molecule has 0 bridgehead atoms. The molecular formula is C37H46N8O4. The standard InChI is InChI=1S/C37H46N8O4/c1-5-29(3)45-35(46)43(27-40-45)32-8-6-30(7-9-32)41-20-22-42(23-21-41)31-10-12-33(13-11-31)47-24-34-25-48-37(49-34,26-44-38-18-19-39-44)36(4)16-14-28(2)15-17-36/h6-16,18-19,27,29,34H,5,17,20-26H2,1-4H3/t29?,34-,36?,37-/m1/s1. The van der Waals surface area contributed by atoms with Crippen LogP contribution in [-0.4, -0.2) is 80.6 Å². The number of benzene rings is 2. The van der Waals surface area contributed by atoms with Crippen LogP contribution in [0.25, 0.3) is 5.69 Å². The van der Waals surface area contributed by atoms with Crippen molar-refractivity contribution in [2.45, 2.75) is 65.0 Å². The zero-order valence-electron chi connectivity index (χ0n) is 28.8. The summed E-state index contributed by atoms with van der Waals surface area (Å²) in [6, 6.07) is 16.5. The van der Waals surface area contributed by atoms with Crippen molar-refractivity contribution in [3.05, 3.63) is 102 Å². The quantitative estimate of drug-likeness (QED) is 0.218. The normalized spacial score (nSPS) is 24.7. The molecule has 1 aliphatic carbocycles. The summed E-state index contributed by atoms with van der Waals surface area (Å²) in [7, 11) is 0. The molecule has 2 aromatic carbocycles. The van der Waals surface area contributed by atoms with E-state index in [-0.39, 0.29) is 23.3 Å². The Morgan fingerprint density at radius 2 is 1.57 bits per heavy atom. The summed E-state index contributed by atoms with van der Waals surface area (Å²) in [5, 5.41) is 13.0. The van der Waals surface area contributed by atoms with Gasteiger partial charge < -0.3 is 24.0 Å². The molecule has 7 rings (SSSR count). The maximum Gasteiger partial charge on any atom is 0.350 e. The molecule has 2 saturated heterocycles. The Morgan fingerprint density at radius 1 is 0.939 bits per heavy atom. The molecule has 258 valence electrons. The Balaban J connectivity index is 0.919. The number of anilines is 2. The maximum absolute atomic E-state index is 12.8. The Morgan fingerprint density at radius 3 is 2.18 bits per heavy atom. The molecule has 2 unspecified atom stereocenters. The van der Waals surface area contributed by atoms with E-state index in [9.17, 15) is 4.79 Å². The second-order valence-electron chi connectivity index (χ2n) is 13.5. The average molecular weight is 667 g/mol. The van der Waals surface area contributed by atoms with Gasteiger partial charge in [-0.3, -0.25) is 0 Å². The van der Waals surface area contributed by atoms with Gasteiger partial charge in [-0.2, -0.15) is 20.1 Å². The smallest absolute Gasteiger partial charge is 0.350 e. The lowest BCUT2D eigenvalue weighted by Gasteiger charge is -2.43. The Bertz CT molecular complexity index is 1820. The zero-order chi connectivity index (χ0) is 34.0. The predicted octanol–water partition coefficient (Wildman–Crippen LogP) is 5.03. The van der Waals surface area contributed by atoms with E-state index in [4.69, 9.17) is 14.2 Å². The number of hydrogen-bond acceptors (Lipinski definition) is 9. The topological polar surface area (TPSA) is 105 Å². The zero-order valence-corrected chi connectivity index (χ0v) is 28.8. The summed E-state index contributed by atoms with van der Waals surface area (Å²) < 4.78 is 22.5. The van der Waals surface area contributed by atoms with E-state index in [0.717, 1.165) is 56.1 Å². The van der Waals surface area contributed by atoms with Crippen LogP contribution in [0.5, 0.6) is 5.75 Å². The van der Waals surface area contributed by atoms with Crippen LogP contribution in [-0.2, 0) is 16.0 Å². The fourth-order valence-corrected chi connectivity index (χ4v) is 6.79. The third-order valence-electron chi connectivity index (χ3n) is 10.2. The van der Waals surface area contributed by atoms with E-state index in [1.165, 1.54) is 11.3 Å². The van der Waals surface area contributed by atoms with Crippen LogP contribution in [0.15, 0.2) is 95.8 Å². The summed E-state index contributed by atoms with van der Waals surface area (Å²) in [5.74, 6) is -0.105. The van der Waals surface area contributed by atoms with E-state index in [1.54, 1.807) is 32.8 Å². The molecule has 49 heavy (non-hydrogen) atoms. The molecule has 0 amide bonds. The molecule has 0 N–H and O–H groups in total. The predicted molar refractivity (Wildman–Crippen MR) is 188 cm³/mol. The molecule has 4 atom stereocenters. The molecule has 0 radical (unpaired) electrons. The van der Waals surface area contributed by atoms with Crippen LogP contribution in [0.2, 0.25) is 0 Å². The lowest BCUT2D eigenvalue weighted by Crippen LogP contribution is -2.51. The van der Waals surface area contributed by atoms with Gasteiger partial charge in [0.1, 0.15) is 31.3 Å². The number of ether oxygens (including phenoxy) is 3. The summed E-state index contributed by atoms with van der Waals surface area (Å²) in [6.07, 6.45) is 12.9. The van der Waals surface area contributed by atoms with Gasteiger partial charge in [0.15, 0.2) is 5.79 Å². The van der Waals surface area contributed by atoms with Gasteiger partial charge in [0.2, 0.25) is 0 Å². The van der Waals surface area contributed by atoms with Gasteiger partial charge in [-0.15, -0.1) is 0 Å². The van der Waals surface area contributed by atoms with E-state index in [0.29, 0.717) is 19.8 Å². The first-order chi connectivity index (χ1) is 23.8. The lowest BCUT2D eigenvalue weighted by molar-refractivity contribution is -0.239. The lowest BCUT2D eigenvalue weighted by atomic mass is 9.74. The Kier molecular flexibility index (Phi) is 9.17. The van der Waals surface area contributed by atoms with Gasteiger partial charge in [0, 0.05) is 43.0 Å². The molecule has 0 spiro atoms. The second kappa shape index (κ2) is 13.7. The van der Waals surface area contributed by atoms with Crippen LogP contribution in [0.4, 0.5) is 11.4 Å². The highest BCUT2D eigenvalue weighted by Crippen LogP contribution is 2.47. The second-order valence-corrected chi connectivity index (χ2v) is 13.5. The minimum absolute atomic E-state index is 0.0722. The van der Waals surface area contributed by atoms with E-state index < -0.39 is 5.79 Å². The number of rotatable bonds is 11. The average Bonchev–Trinajstić information content (AvgIpc) is 3.90. The van der Waals surface area contributed by atoms with Crippen LogP contribution >= 0.6 is 0 Å². The van der Waals surface area contributed by atoms with Crippen molar-refractivity contribution in [3.63, 3.8) is 0 Å². The fourth-order valence-electron chi connectivity index (χ4n) is 6.79. The monoisotopic (exact) mass is 666 g/mol. The number of allylic oxidation sites excluding steroid dienone is 3. The van der Waals surface area contributed by atoms with Crippen molar-refractivity contribution in [2.24, 2.45) is 5.41 Å². The SMILES string of the molecule is CCC(C)n1ncn(-c2ccc(N3CCN(c4ccc(OC[C@@H]5CO[C@@](Cn6nccn6)(C6(C)C=CC(C)=CC6)O5)cc4)CC3)cc2)c1=O. The molecule has 2 aromatic heterocycles. The molecule has 4 aromatic rings.